The molecule has 2 unspecified atom stereocenters. The van der Waals surface area contributed by atoms with E-state index in [0.717, 1.165) is 0 Å². The average Bonchev–Trinajstić information content (AvgIpc) is 3.27. The van der Waals surface area contributed by atoms with Crippen LogP contribution in [0.1, 0.15) is 47.0 Å². The Morgan fingerprint density at radius 1 is 1.45 bits per heavy atom. The Labute approximate surface area is 176 Å². The number of aliphatic hydroxyl groups is 1. The molecule has 0 aromatic carbocycles. The van der Waals surface area contributed by atoms with Crippen LogP contribution in [0.4, 0.5) is 0 Å². The summed E-state index contributed by atoms with van der Waals surface area (Å²) < 4.78 is -0.741. The van der Waals surface area contributed by atoms with Crippen LogP contribution in [0.2, 0.25) is 0 Å². The summed E-state index contributed by atoms with van der Waals surface area (Å²) in [5.74, 6) is -2.94. The summed E-state index contributed by atoms with van der Waals surface area (Å²) in [7, 11) is 0. The van der Waals surface area contributed by atoms with Crippen LogP contribution in [-0.4, -0.2) is 78.6 Å². The van der Waals surface area contributed by atoms with Gasteiger partial charge in [0, 0.05) is 17.3 Å². The molecular weight excluding hydrogens is 392 g/mol. The SMILES string of the molecule is C=CCN(C(=O)C1N([C@@H](CC)CO)C(=O)[C@@H]2[C@H](C(=O)O)[C@@H]3CCC12S3)C(C)(C)C. The largest absolute Gasteiger partial charge is 0.481 e. The number of aliphatic hydroxyl groups excluding tert-OH is 1. The highest BCUT2D eigenvalue weighted by molar-refractivity contribution is 8.02. The van der Waals surface area contributed by atoms with Gasteiger partial charge in [0.2, 0.25) is 11.8 Å². The van der Waals surface area contributed by atoms with Gasteiger partial charge < -0.3 is 20.0 Å². The van der Waals surface area contributed by atoms with E-state index in [1.54, 1.807) is 11.0 Å². The highest BCUT2D eigenvalue weighted by Gasteiger charge is 2.74. The van der Waals surface area contributed by atoms with Gasteiger partial charge in [-0.25, -0.2) is 0 Å². The van der Waals surface area contributed by atoms with Crippen LogP contribution >= 0.6 is 11.8 Å². The van der Waals surface area contributed by atoms with Crippen molar-refractivity contribution in [1.82, 2.24) is 9.80 Å². The van der Waals surface area contributed by atoms with Crippen molar-refractivity contribution in [2.24, 2.45) is 11.8 Å². The molecule has 0 aromatic rings. The number of likely N-dealkylation sites (tertiary alicyclic amines) is 1. The maximum absolute atomic E-state index is 13.9. The van der Waals surface area contributed by atoms with Gasteiger partial charge in [-0.1, -0.05) is 13.0 Å². The number of aliphatic carboxylic acids is 1. The zero-order valence-corrected chi connectivity index (χ0v) is 18.4. The van der Waals surface area contributed by atoms with Crippen molar-refractivity contribution in [1.29, 1.82) is 0 Å². The average molecular weight is 425 g/mol. The molecule has 3 saturated heterocycles. The van der Waals surface area contributed by atoms with Gasteiger partial charge in [0.1, 0.15) is 6.04 Å². The summed E-state index contributed by atoms with van der Waals surface area (Å²) in [5.41, 5.74) is -0.483. The van der Waals surface area contributed by atoms with Gasteiger partial charge in [-0.3, -0.25) is 14.4 Å². The monoisotopic (exact) mass is 424 g/mol. The molecule has 3 heterocycles. The molecule has 3 fully saturated rings. The molecule has 3 rings (SSSR count). The number of fused-ring (bicyclic) bond motifs is 1. The Balaban J connectivity index is 2.13. The fourth-order valence-electron chi connectivity index (χ4n) is 5.43. The lowest BCUT2D eigenvalue weighted by Gasteiger charge is -2.43. The molecule has 2 bridgehead atoms. The highest BCUT2D eigenvalue weighted by atomic mass is 32.2. The van der Waals surface area contributed by atoms with Crippen molar-refractivity contribution >= 4 is 29.5 Å². The Kier molecular flexibility index (Phi) is 5.82. The first-order valence-corrected chi connectivity index (χ1v) is 11.2. The molecule has 3 aliphatic heterocycles. The number of hydrogen-bond acceptors (Lipinski definition) is 5. The smallest absolute Gasteiger partial charge is 0.308 e. The molecule has 2 amide bonds. The van der Waals surface area contributed by atoms with Gasteiger partial charge >= 0.3 is 5.97 Å². The van der Waals surface area contributed by atoms with Crippen molar-refractivity contribution in [2.75, 3.05) is 13.2 Å². The molecule has 3 aliphatic rings. The predicted molar refractivity (Wildman–Crippen MR) is 111 cm³/mol. The third-order valence-electron chi connectivity index (χ3n) is 6.72. The first kappa shape index (κ1) is 22.2. The fraction of sp³-hybridized carbons (Fsp3) is 0.762. The number of nitrogens with zero attached hydrogens (tertiary/aromatic N) is 2. The summed E-state index contributed by atoms with van der Waals surface area (Å²) in [6.45, 7) is 11.5. The van der Waals surface area contributed by atoms with E-state index in [4.69, 9.17) is 0 Å². The molecule has 2 N–H and O–H groups in total. The topological polar surface area (TPSA) is 98.2 Å². The summed E-state index contributed by atoms with van der Waals surface area (Å²) >= 11 is 1.52. The van der Waals surface area contributed by atoms with E-state index in [-0.39, 0.29) is 23.7 Å². The van der Waals surface area contributed by atoms with Crippen LogP contribution in [0.15, 0.2) is 12.7 Å². The van der Waals surface area contributed by atoms with Gasteiger partial charge in [0.05, 0.1) is 29.2 Å². The van der Waals surface area contributed by atoms with Crippen LogP contribution in [0.25, 0.3) is 0 Å². The van der Waals surface area contributed by atoms with Gasteiger partial charge in [-0.05, 0) is 40.0 Å². The first-order valence-electron chi connectivity index (χ1n) is 10.3. The van der Waals surface area contributed by atoms with Gasteiger partial charge in [-0.2, -0.15) is 0 Å². The summed E-state index contributed by atoms with van der Waals surface area (Å²) in [5, 5.41) is 19.7. The Bertz CT molecular complexity index is 716. The standard InChI is InChI=1S/C21H32N2O5S/c1-6-10-22(20(3,4)5)18(26)16-21-9-8-13(29-21)14(19(27)28)15(21)17(25)23(16)12(7-2)11-24/h6,12-16,24H,1,7-11H2,2-5H3,(H,27,28)/t12-,13-,14+,15-,16?,21?/m0/s1. The van der Waals surface area contributed by atoms with Crippen molar-refractivity contribution in [3.8, 4) is 0 Å². The third-order valence-corrected chi connectivity index (χ3v) is 8.67. The predicted octanol–water partition coefficient (Wildman–Crippen LogP) is 1.75. The van der Waals surface area contributed by atoms with Crippen LogP contribution in [0.5, 0.6) is 0 Å². The van der Waals surface area contributed by atoms with Gasteiger partial charge in [0.25, 0.3) is 0 Å². The number of hydrogen-bond donors (Lipinski definition) is 2. The fourth-order valence-corrected chi connectivity index (χ4v) is 7.62. The maximum Gasteiger partial charge on any atom is 0.308 e. The molecule has 29 heavy (non-hydrogen) atoms. The van der Waals surface area contributed by atoms with E-state index in [0.29, 0.717) is 25.8 Å². The molecule has 0 aliphatic carbocycles. The van der Waals surface area contributed by atoms with Crippen LogP contribution < -0.4 is 0 Å². The molecule has 0 radical (unpaired) electrons. The minimum atomic E-state index is -0.966. The lowest BCUT2D eigenvalue weighted by atomic mass is 9.71. The number of carboxylic acids is 1. The number of carbonyl (C=O) groups is 3. The number of carboxylic acid groups (broad SMARTS) is 1. The second-order valence-corrected chi connectivity index (χ2v) is 10.9. The molecule has 0 saturated carbocycles. The minimum absolute atomic E-state index is 0.143. The molecule has 8 heteroatoms. The van der Waals surface area contributed by atoms with E-state index >= 15 is 0 Å². The molecule has 1 spiro atoms. The first-order chi connectivity index (χ1) is 13.5. The summed E-state index contributed by atoms with van der Waals surface area (Å²) in [4.78, 5) is 42.7. The van der Waals surface area contributed by atoms with E-state index < -0.39 is 40.2 Å². The van der Waals surface area contributed by atoms with Crippen LogP contribution in [0.3, 0.4) is 0 Å². The Morgan fingerprint density at radius 2 is 2.10 bits per heavy atom. The Morgan fingerprint density at radius 3 is 2.59 bits per heavy atom. The summed E-state index contributed by atoms with van der Waals surface area (Å²) in [6.07, 6.45) is 3.50. The Hall–Kier alpha value is -1.54. The second-order valence-electron chi connectivity index (χ2n) is 9.29. The highest BCUT2D eigenvalue weighted by Crippen LogP contribution is 2.66. The van der Waals surface area contributed by atoms with E-state index in [2.05, 4.69) is 6.58 Å². The van der Waals surface area contributed by atoms with Crippen molar-refractivity contribution in [2.45, 2.75) is 74.6 Å². The lowest BCUT2D eigenvalue weighted by Crippen LogP contribution is -2.60. The molecule has 0 aromatic heterocycles. The van der Waals surface area contributed by atoms with E-state index in [9.17, 15) is 24.6 Å². The van der Waals surface area contributed by atoms with Crippen molar-refractivity contribution in [3.63, 3.8) is 0 Å². The van der Waals surface area contributed by atoms with E-state index in [1.807, 2.05) is 27.7 Å². The minimum Gasteiger partial charge on any atom is -0.481 e. The van der Waals surface area contributed by atoms with Crippen molar-refractivity contribution in [3.05, 3.63) is 12.7 Å². The third kappa shape index (κ3) is 3.19. The van der Waals surface area contributed by atoms with Gasteiger partial charge in [0.15, 0.2) is 0 Å². The van der Waals surface area contributed by atoms with E-state index in [1.165, 1.54) is 16.7 Å². The summed E-state index contributed by atoms with van der Waals surface area (Å²) in [6, 6.07) is -1.27. The van der Waals surface area contributed by atoms with Crippen molar-refractivity contribution < 1.29 is 24.6 Å². The maximum atomic E-state index is 13.9. The zero-order valence-electron chi connectivity index (χ0n) is 17.6. The number of amides is 2. The second kappa shape index (κ2) is 7.61. The number of thioether (sulfide) groups is 1. The van der Waals surface area contributed by atoms with Gasteiger partial charge in [-0.15, -0.1) is 18.3 Å². The molecule has 162 valence electrons. The molecule has 6 atom stereocenters. The zero-order chi connectivity index (χ0) is 21.7. The number of carbonyl (C=O) groups excluding carboxylic acids is 2. The quantitative estimate of drug-likeness (QED) is 0.604. The lowest BCUT2D eigenvalue weighted by molar-refractivity contribution is -0.150. The molecular formula is C21H32N2O5S. The normalized spacial score (nSPS) is 34.2. The van der Waals surface area contributed by atoms with Crippen LogP contribution in [-0.2, 0) is 14.4 Å². The van der Waals surface area contributed by atoms with Crippen LogP contribution in [0, 0.1) is 11.8 Å². The number of rotatable bonds is 7. The molecule has 7 nitrogen and oxygen atoms in total.